The highest BCUT2D eigenvalue weighted by Gasteiger charge is 2.08. The summed E-state index contributed by atoms with van der Waals surface area (Å²) in [6.45, 7) is 2.15. The van der Waals surface area contributed by atoms with Crippen LogP contribution in [0.5, 0.6) is 0 Å². The standard InChI is InChI=1S/C9H10BrN5O/c1-6-11-3-7(10)9(16)15(6)4-8-12-5-13-14(8)2/h3,5H,4H2,1-2H3. The second kappa shape index (κ2) is 4.17. The molecular weight excluding hydrogens is 274 g/mol. The van der Waals surface area contributed by atoms with Crippen molar-refractivity contribution in [1.82, 2.24) is 24.3 Å². The lowest BCUT2D eigenvalue weighted by molar-refractivity contribution is 0.616. The van der Waals surface area contributed by atoms with E-state index < -0.39 is 0 Å². The highest BCUT2D eigenvalue weighted by molar-refractivity contribution is 9.10. The molecule has 0 aromatic carbocycles. The van der Waals surface area contributed by atoms with Crippen molar-refractivity contribution < 1.29 is 0 Å². The van der Waals surface area contributed by atoms with E-state index >= 15 is 0 Å². The highest BCUT2D eigenvalue weighted by Crippen LogP contribution is 2.03. The molecule has 0 aliphatic rings. The first-order chi connectivity index (χ1) is 7.59. The van der Waals surface area contributed by atoms with Crippen LogP contribution >= 0.6 is 15.9 Å². The Balaban J connectivity index is 2.46. The normalized spacial score (nSPS) is 10.7. The molecule has 0 aliphatic carbocycles. The van der Waals surface area contributed by atoms with Crippen LogP contribution in [0.2, 0.25) is 0 Å². The summed E-state index contributed by atoms with van der Waals surface area (Å²) >= 11 is 3.16. The van der Waals surface area contributed by atoms with Crippen LogP contribution in [-0.4, -0.2) is 24.3 Å². The van der Waals surface area contributed by atoms with E-state index in [0.29, 0.717) is 22.7 Å². The summed E-state index contributed by atoms with van der Waals surface area (Å²) in [5.41, 5.74) is -0.115. The maximum Gasteiger partial charge on any atom is 0.268 e. The average molecular weight is 284 g/mol. The van der Waals surface area contributed by atoms with E-state index in [-0.39, 0.29) is 5.56 Å². The second-order valence-corrected chi connectivity index (χ2v) is 4.20. The van der Waals surface area contributed by atoms with Crippen LogP contribution in [0.1, 0.15) is 11.6 Å². The molecule has 2 rings (SSSR count). The Morgan fingerprint density at radius 1 is 1.44 bits per heavy atom. The van der Waals surface area contributed by atoms with Crippen LogP contribution < -0.4 is 5.56 Å². The molecule has 0 amide bonds. The Kier molecular flexibility index (Phi) is 2.86. The number of halogens is 1. The van der Waals surface area contributed by atoms with Gasteiger partial charge in [0.25, 0.3) is 5.56 Å². The van der Waals surface area contributed by atoms with E-state index in [4.69, 9.17) is 0 Å². The van der Waals surface area contributed by atoms with Gasteiger partial charge in [0.2, 0.25) is 0 Å². The van der Waals surface area contributed by atoms with Gasteiger partial charge in [0, 0.05) is 13.2 Å². The van der Waals surface area contributed by atoms with E-state index in [9.17, 15) is 4.79 Å². The summed E-state index contributed by atoms with van der Waals surface area (Å²) in [6.07, 6.45) is 2.96. The molecule has 0 saturated heterocycles. The molecule has 0 saturated carbocycles. The van der Waals surface area contributed by atoms with Gasteiger partial charge >= 0.3 is 0 Å². The zero-order valence-corrected chi connectivity index (χ0v) is 10.5. The minimum Gasteiger partial charge on any atom is -0.288 e. The van der Waals surface area contributed by atoms with E-state index in [1.54, 1.807) is 23.2 Å². The van der Waals surface area contributed by atoms with Crippen LogP contribution in [0.4, 0.5) is 0 Å². The molecule has 0 radical (unpaired) electrons. The maximum atomic E-state index is 11.8. The van der Waals surface area contributed by atoms with Crippen LogP contribution in [-0.2, 0) is 13.6 Å². The van der Waals surface area contributed by atoms with Crippen molar-refractivity contribution >= 4 is 15.9 Å². The fourth-order valence-electron chi connectivity index (χ4n) is 1.34. The first-order valence-corrected chi connectivity index (χ1v) is 5.43. The lowest BCUT2D eigenvalue weighted by atomic mass is 10.5. The Morgan fingerprint density at radius 3 is 2.81 bits per heavy atom. The number of hydrogen-bond acceptors (Lipinski definition) is 4. The summed E-state index contributed by atoms with van der Waals surface area (Å²) in [5.74, 6) is 1.36. The highest BCUT2D eigenvalue weighted by atomic mass is 79.9. The molecule has 0 aliphatic heterocycles. The fourth-order valence-corrected chi connectivity index (χ4v) is 1.66. The minimum absolute atomic E-state index is 0.115. The van der Waals surface area contributed by atoms with Crippen molar-refractivity contribution in [2.75, 3.05) is 0 Å². The first-order valence-electron chi connectivity index (χ1n) is 4.64. The number of rotatable bonds is 2. The molecule has 6 nitrogen and oxygen atoms in total. The molecule has 0 unspecified atom stereocenters. The lowest BCUT2D eigenvalue weighted by Gasteiger charge is -2.08. The molecule has 2 aromatic heterocycles. The topological polar surface area (TPSA) is 65.6 Å². The summed E-state index contributed by atoms with van der Waals surface area (Å²) in [4.78, 5) is 20.0. The number of nitrogens with zero attached hydrogens (tertiary/aromatic N) is 5. The average Bonchev–Trinajstić information content (AvgIpc) is 2.65. The van der Waals surface area contributed by atoms with Crippen molar-refractivity contribution in [1.29, 1.82) is 0 Å². The van der Waals surface area contributed by atoms with E-state index in [2.05, 4.69) is 31.0 Å². The Labute approximate surface area is 100 Å². The number of aryl methyl sites for hydroxylation is 2. The van der Waals surface area contributed by atoms with Crippen molar-refractivity contribution in [2.24, 2.45) is 7.05 Å². The fraction of sp³-hybridized carbons (Fsp3) is 0.333. The zero-order valence-electron chi connectivity index (χ0n) is 8.88. The molecule has 84 valence electrons. The summed E-state index contributed by atoms with van der Waals surface area (Å²) in [5, 5.41) is 3.95. The Bertz CT molecular complexity index is 574. The Hall–Kier alpha value is -1.50. The van der Waals surface area contributed by atoms with Gasteiger partial charge in [-0.15, -0.1) is 0 Å². The van der Waals surface area contributed by atoms with Crippen molar-refractivity contribution in [3.63, 3.8) is 0 Å². The number of hydrogen-bond donors (Lipinski definition) is 0. The summed E-state index contributed by atoms with van der Waals surface area (Å²) in [7, 11) is 1.79. The van der Waals surface area contributed by atoms with E-state index in [1.165, 1.54) is 12.5 Å². The second-order valence-electron chi connectivity index (χ2n) is 3.34. The maximum absolute atomic E-state index is 11.8. The van der Waals surface area contributed by atoms with Gasteiger partial charge in [-0.3, -0.25) is 14.0 Å². The van der Waals surface area contributed by atoms with Gasteiger partial charge in [0.1, 0.15) is 22.4 Å². The third-order valence-corrected chi connectivity index (χ3v) is 2.85. The monoisotopic (exact) mass is 283 g/mol. The van der Waals surface area contributed by atoms with E-state index in [0.717, 1.165) is 0 Å². The summed E-state index contributed by atoms with van der Waals surface area (Å²) < 4.78 is 3.63. The van der Waals surface area contributed by atoms with Gasteiger partial charge in [-0.25, -0.2) is 9.97 Å². The molecule has 2 heterocycles. The Morgan fingerprint density at radius 2 is 2.19 bits per heavy atom. The van der Waals surface area contributed by atoms with E-state index in [1.807, 2.05) is 0 Å². The minimum atomic E-state index is -0.115. The quantitative estimate of drug-likeness (QED) is 0.805. The van der Waals surface area contributed by atoms with Gasteiger partial charge in [0.05, 0.1) is 6.54 Å². The van der Waals surface area contributed by atoms with Gasteiger partial charge in [-0.1, -0.05) is 0 Å². The predicted molar refractivity (Wildman–Crippen MR) is 61.0 cm³/mol. The molecule has 2 aromatic rings. The predicted octanol–water partition coefficient (Wildman–Crippen LogP) is 0.491. The molecule has 16 heavy (non-hydrogen) atoms. The third-order valence-electron chi connectivity index (χ3n) is 2.31. The smallest absolute Gasteiger partial charge is 0.268 e. The van der Waals surface area contributed by atoms with Crippen LogP contribution in [0, 0.1) is 6.92 Å². The van der Waals surface area contributed by atoms with Gasteiger partial charge in [-0.2, -0.15) is 5.10 Å². The SMILES string of the molecule is Cc1ncc(Br)c(=O)n1Cc1ncnn1C. The molecular formula is C9H10BrN5O. The van der Waals surface area contributed by atoms with Crippen molar-refractivity contribution in [3.05, 3.63) is 39.0 Å². The number of aromatic nitrogens is 5. The lowest BCUT2D eigenvalue weighted by Crippen LogP contribution is -2.25. The van der Waals surface area contributed by atoms with Crippen molar-refractivity contribution in [3.8, 4) is 0 Å². The molecule has 0 bridgehead atoms. The van der Waals surface area contributed by atoms with Gasteiger partial charge in [-0.05, 0) is 22.9 Å². The zero-order chi connectivity index (χ0) is 11.7. The first kappa shape index (κ1) is 11.0. The molecule has 0 spiro atoms. The molecule has 7 heteroatoms. The van der Waals surface area contributed by atoms with Crippen LogP contribution in [0.25, 0.3) is 0 Å². The van der Waals surface area contributed by atoms with Crippen molar-refractivity contribution in [2.45, 2.75) is 13.5 Å². The molecule has 0 N–H and O–H groups in total. The van der Waals surface area contributed by atoms with Gasteiger partial charge < -0.3 is 0 Å². The largest absolute Gasteiger partial charge is 0.288 e. The summed E-state index contributed by atoms with van der Waals surface area (Å²) in [6, 6.07) is 0. The molecule has 0 fully saturated rings. The molecule has 0 atom stereocenters. The third kappa shape index (κ3) is 1.90. The van der Waals surface area contributed by atoms with Gasteiger partial charge in [0.15, 0.2) is 0 Å². The van der Waals surface area contributed by atoms with Crippen LogP contribution in [0.3, 0.4) is 0 Å². The van der Waals surface area contributed by atoms with Crippen LogP contribution in [0.15, 0.2) is 21.8 Å².